The van der Waals surface area contributed by atoms with Gasteiger partial charge in [-0.2, -0.15) is 0 Å². The molecule has 0 heterocycles. The second kappa shape index (κ2) is 82.4. The highest BCUT2D eigenvalue weighted by atomic mass is 31.2. The first-order chi connectivity index (χ1) is 51.0. The zero-order valence-corrected chi connectivity index (χ0v) is 68.8. The van der Waals surface area contributed by atoms with Crippen LogP contribution in [0.4, 0.5) is 0 Å². The lowest BCUT2D eigenvalue weighted by Gasteiger charge is -2.24. The number of nitrogens with zero attached hydrogens (tertiary/aromatic N) is 1. The Hall–Kier alpha value is -4.63. The Balaban J connectivity index is 3.95. The monoisotopic (exact) mass is 1460 g/mol. The molecule has 0 aromatic carbocycles. The van der Waals surface area contributed by atoms with Gasteiger partial charge in [-0.25, -0.2) is 4.57 Å². The molecule has 0 aliphatic carbocycles. The zero-order chi connectivity index (χ0) is 75.4. The molecule has 0 radical (unpaired) electrons. The fraction of sp³-hybridized carbons (Fsp3) is 0.681. The van der Waals surface area contributed by atoms with Gasteiger partial charge in [0.2, 0.25) is 0 Å². The summed E-state index contributed by atoms with van der Waals surface area (Å²) in [7, 11) is 1.48. The van der Waals surface area contributed by atoms with E-state index in [0.29, 0.717) is 17.4 Å². The van der Waals surface area contributed by atoms with E-state index in [1.165, 1.54) is 199 Å². The maximum atomic E-state index is 12.9. The molecule has 0 aliphatic rings. The molecule has 1 N–H and O–H groups in total. The molecule has 0 aromatic heterocycles. The van der Waals surface area contributed by atoms with E-state index in [9.17, 15) is 19.0 Å². The van der Waals surface area contributed by atoms with E-state index in [4.69, 9.17) is 18.5 Å². The SMILES string of the molecule is CC/C=C\C/C=C\C/C=C\C/C=C\C/C=C\C/C=C\C/C=C\C/C=C\CCCCCCCCCCCCCCCCC(=O)OC(COC(=O)CCCCCCCCCCCCCCCCCCCCCCCC/C=C\C/C=C\C/C=C\C/C=C\C/C=C\C/C=C\CC)COP(=O)(O)OCC[N+](C)(C)C. The third kappa shape index (κ3) is 86.3. The minimum Gasteiger partial charge on any atom is -0.462 e. The molecule has 0 saturated heterocycles. The van der Waals surface area contributed by atoms with Gasteiger partial charge in [0.1, 0.15) is 19.8 Å². The summed E-state index contributed by atoms with van der Waals surface area (Å²) in [5.74, 6) is -0.790. The summed E-state index contributed by atoms with van der Waals surface area (Å²) < 4.78 is 34.9. The first-order valence-electron chi connectivity index (χ1n) is 42.9. The smallest absolute Gasteiger partial charge is 0.462 e. The molecule has 0 spiro atoms. The van der Waals surface area contributed by atoms with Crippen molar-refractivity contribution >= 4 is 19.8 Å². The zero-order valence-electron chi connectivity index (χ0n) is 68.0. The predicted molar refractivity (Wildman–Crippen MR) is 454 cm³/mol. The predicted octanol–water partition coefficient (Wildman–Crippen LogP) is 29.2. The quantitative estimate of drug-likeness (QED) is 0.0211. The first-order valence-corrected chi connectivity index (χ1v) is 44.4. The van der Waals surface area contributed by atoms with E-state index in [1.54, 1.807) is 0 Å². The highest BCUT2D eigenvalue weighted by Crippen LogP contribution is 2.43. The molecule has 9 nitrogen and oxygen atoms in total. The first kappa shape index (κ1) is 99.4. The van der Waals surface area contributed by atoms with E-state index in [2.05, 4.69) is 184 Å². The standard InChI is InChI=1S/C94H160NO8P/c1-6-8-10-12-14-16-18-20-22-24-26-28-30-32-34-36-38-40-42-44-46-47-49-50-52-54-56-58-60-62-64-66-68-70-72-74-76-78-80-82-84-86-93(96)100-90-92(91-102-104(98,99)101-89-88-95(3,4)5)103-94(97)87-85-83-81-79-77-75-73-71-69-67-65-63-61-59-57-55-53-51-48-45-43-41-39-37-35-33-31-29-27-25-23-21-19-17-15-13-11-9-7-2/h8-11,14-17,20-23,26-29,32-35,38-41,45,48,53,55,92H,6-7,12-13,18-19,24-25,30-31,36-37,42-44,46-47,49-52,54,56-91H2,1-5H3/p+1/b10-8-,11-9-,16-14-,17-15-,22-20-,23-21-,28-26-,29-27-,34-32-,35-33-,40-38-,41-39-,48-45-,55-53-. The summed E-state index contributed by atoms with van der Waals surface area (Å²) in [6.45, 7) is 4.23. The number of allylic oxidation sites excluding steroid dienone is 28. The fourth-order valence-electron chi connectivity index (χ4n) is 11.8. The van der Waals surface area contributed by atoms with Crippen molar-refractivity contribution in [3.05, 3.63) is 170 Å². The van der Waals surface area contributed by atoms with Crippen LogP contribution in [0.15, 0.2) is 170 Å². The van der Waals surface area contributed by atoms with Gasteiger partial charge >= 0.3 is 19.8 Å². The van der Waals surface area contributed by atoms with Crippen molar-refractivity contribution in [3.8, 4) is 0 Å². The van der Waals surface area contributed by atoms with Crippen LogP contribution in [-0.2, 0) is 32.7 Å². The normalized spacial score (nSPS) is 13.9. The Bertz CT molecular complexity index is 2370. The van der Waals surface area contributed by atoms with E-state index in [1.807, 2.05) is 21.1 Å². The van der Waals surface area contributed by atoms with Gasteiger partial charge in [-0.15, -0.1) is 0 Å². The van der Waals surface area contributed by atoms with Crippen LogP contribution >= 0.6 is 7.82 Å². The van der Waals surface area contributed by atoms with Crippen molar-refractivity contribution in [2.24, 2.45) is 0 Å². The summed E-state index contributed by atoms with van der Waals surface area (Å²) in [4.78, 5) is 36.1. The maximum absolute atomic E-state index is 12.9. The third-order valence-corrected chi connectivity index (χ3v) is 19.2. The molecule has 10 heteroatoms. The van der Waals surface area contributed by atoms with Crippen LogP contribution in [0.3, 0.4) is 0 Å². The summed E-state index contributed by atoms with van der Waals surface area (Å²) in [6.07, 6.45) is 125. The average molecular weight is 1460 g/mol. The molecule has 2 unspecified atom stereocenters. The molecule has 2 atom stereocenters. The average Bonchev–Trinajstić information content (AvgIpc) is 0.915. The summed E-state index contributed by atoms with van der Waals surface area (Å²) in [5.41, 5.74) is 0. The second-order valence-corrected chi connectivity index (χ2v) is 30.9. The van der Waals surface area contributed by atoms with Gasteiger partial charge in [-0.3, -0.25) is 18.6 Å². The van der Waals surface area contributed by atoms with Crippen LogP contribution < -0.4 is 0 Å². The number of phosphoric ester groups is 1. The Labute approximate surface area is 642 Å². The summed E-state index contributed by atoms with van der Waals surface area (Å²) in [5, 5.41) is 0. The molecule has 0 bridgehead atoms. The molecule has 0 amide bonds. The molecular formula is C94H161NO8P+. The van der Waals surface area contributed by atoms with Crippen molar-refractivity contribution in [2.45, 2.75) is 367 Å². The highest BCUT2D eigenvalue weighted by Gasteiger charge is 2.27. The number of ether oxygens (including phenoxy) is 2. The Morgan fingerprint density at radius 2 is 0.519 bits per heavy atom. The molecule has 0 rings (SSSR count). The number of quaternary nitrogens is 1. The number of esters is 2. The van der Waals surface area contributed by atoms with Crippen LogP contribution in [0.2, 0.25) is 0 Å². The van der Waals surface area contributed by atoms with Crippen LogP contribution in [0, 0.1) is 0 Å². The van der Waals surface area contributed by atoms with E-state index in [0.717, 1.165) is 128 Å². The number of hydrogen-bond donors (Lipinski definition) is 1. The summed E-state index contributed by atoms with van der Waals surface area (Å²) >= 11 is 0. The van der Waals surface area contributed by atoms with Crippen molar-refractivity contribution in [1.29, 1.82) is 0 Å². The van der Waals surface area contributed by atoms with Gasteiger partial charge in [0.15, 0.2) is 6.10 Å². The van der Waals surface area contributed by atoms with Crippen LogP contribution in [0.25, 0.3) is 0 Å². The lowest BCUT2D eigenvalue weighted by molar-refractivity contribution is -0.870. The van der Waals surface area contributed by atoms with E-state index in [-0.39, 0.29) is 32.0 Å². The van der Waals surface area contributed by atoms with E-state index >= 15 is 0 Å². The second-order valence-electron chi connectivity index (χ2n) is 29.5. The Morgan fingerprint density at radius 1 is 0.298 bits per heavy atom. The third-order valence-electron chi connectivity index (χ3n) is 18.2. The summed E-state index contributed by atoms with van der Waals surface area (Å²) in [6, 6.07) is 0. The molecule has 594 valence electrons. The molecule has 0 aliphatic heterocycles. The lowest BCUT2D eigenvalue weighted by Crippen LogP contribution is -2.37. The van der Waals surface area contributed by atoms with Crippen LogP contribution in [0.5, 0.6) is 0 Å². The Morgan fingerprint density at radius 3 is 0.769 bits per heavy atom. The number of rotatable bonds is 78. The molecule has 0 saturated carbocycles. The van der Waals surface area contributed by atoms with Crippen molar-refractivity contribution in [1.82, 2.24) is 0 Å². The minimum absolute atomic E-state index is 0.0275. The van der Waals surface area contributed by atoms with E-state index < -0.39 is 26.5 Å². The number of carbonyl (C=O) groups excluding carboxylic acids is 2. The van der Waals surface area contributed by atoms with Crippen LogP contribution in [-0.4, -0.2) is 74.9 Å². The van der Waals surface area contributed by atoms with Gasteiger partial charge in [0.25, 0.3) is 0 Å². The molecule has 0 aromatic rings. The van der Waals surface area contributed by atoms with Gasteiger partial charge in [0, 0.05) is 12.8 Å². The molecule has 104 heavy (non-hydrogen) atoms. The van der Waals surface area contributed by atoms with Crippen LogP contribution in [0.1, 0.15) is 361 Å². The van der Waals surface area contributed by atoms with Gasteiger partial charge in [0.05, 0.1) is 27.7 Å². The fourth-order valence-corrected chi connectivity index (χ4v) is 12.5. The van der Waals surface area contributed by atoms with Gasteiger partial charge < -0.3 is 18.9 Å². The number of hydrogen-bond acceptors (Lipinski definition) is 7. The number of likely N-dealkylation sites (N-methyl/N-ethyl adjacent to an activating group) is 1. The Kier molecular flexibility index (Phi) is 78.8. The minimum atomic E-state index is -4.40. The number of unbranched alkanes of at least 4 members (excludes halogenated alkanes) is 36. The maximum Gasteiger partial charge on any atom is 0.472 e. The van der Waals surface area contributed by atoms with Gasteiger partial charge in [-0.1, -0.05) is 389 Å². The van der Waals surface area contributed by atoms with Crippen molar-refractivity contribution < 1.29 is 42.1 Å². The highest BCUT2D eigenvalue weighted by molar-refractivity contribution is 7.47. The topological polar surface area (TPSA) is 108 Å². The largest absolute Gasteiger partial charge is 0.472 e. The van der Waals surface area contributed by atoms with Crippen molar-refractivity contribution in [2.75, 3.05) is 47.5 Å². The van der Waals surface area contributed by atoms with Gasteiger partial charge in [-0.05, 0) is 128 Å². The molecule has 0 fully saturated rings. The number of carbonyl (C=O) groups is 2. The number of phosphoric acid groups is 1. The molecular weight excluding hydrogens is 1300 g/mol. The van der Waals surface area contributed by atoms with Crippen molar-refractivity contribution in [3.63, 3.8) is 0 Å². The lowest BCUT2D eigenvalue weighted by atomic mass is 10.0.